The van der Waals surface area contributed by atoms with Gasteiger partial charge in [-0.2, -0.15) is 0 Å². The van der Waals surface area contributed by atoms with E-state index in [0.29, 0.717) is 17.4 Å². The number of ether oxygens (including phenoxy) is 4. The van der Waals surface area contributed by atoms with Gasteiger partial charge in [-0.25, -0.2) is 4.79 Å². The van der Waals surface area contributed by atoms with E-state index in [9.17, 15) is 19.5 Å². The highest BCUT2D eigenvalue weighted by molar-refractivity contribution is 5.71. The van der Waals surface area contributed by atoms with E-state index in [1.807, 2.05) is 21.1 Å². The number of carbonyl (C=O) groups is 3. The molecule has 0 aliphatic carbocycles. The van der Waals surface area contributed by atoms with E-state index in [1.54, 1.807) is 0 Å². The molecule has 2 atom stereocenters. The maximum atomic E-state index is 13.0. The Morgan fingerprint density at radius 3 is 0.904 bits per heavy atom. The molecular weight excluding hydrogens is 1160 g/mol. The summed E-state index contributed by atoms with van der Waals surface area (Å²) in [6.45, 7) is 4.85. The summed E-state index contributed by atoms with van der Waals surface area (Å²) in [7, 11) is 6.00. The van der Waals surface area contributed by atoms with Gasteiger partial charge in [0, 0.05) is 12.8 Å². The lowest BCUT2D eigenvalue weighted by Crippen LogP contribution is -2.40. The average molecular weight is 1320 g/mol. The predicted molar refractivity (Wildman–Crippen MR) is 406 cm³/mol. The van der Waals surface area contributed by atoms with E-state index < -0.39 is 18.4 Å². The molecule has 552 valence electrons. The molecule has 0 aliphatic heterocycles. The fourth-order valence-electron chi connectivity index (χ4n) is 12.6. The molecule has 9 heteroatoms. The first-order valence-corrected chi connectivity index (χ1v) is 41.3. The van der Waals surface area contributed by atoms with Crippen molar-refractivity contribution < 1.29 is 42.9 Å². The van der Waals surface area contributed by atoms with Crippen LogP contribution in [0.15, 0.2) is 48.6 Å². The zero-order chi connectivity index (χ0) is 68.2. The van der Waals surface area contributed by atoms with Crippen LogP contribution in [-0.4, -0.2) is 87.4 Å². The third-order valence-electron chi connectivity index (χ3n) is 18.8. The normalized spacial score (nSPS) is 12.8. The lowest BCUT2D eigenvalue weighted by Gasteiger charge is -2.25. The molecule has 2 unspecified atom stereocenters. The maximum Gasteiger partial charge on any atom is 0.361 e. The quantitative estimate of drug-likeness (QED) is 0.0211. The average Bonchev–Trinajstić information content (AvgIpc) is 3.35. The van der Waals surface area contributed by atoms with E-state index in [2.05, 4.69) is 62.5 Å². The molecule has 0 aromatic carbocycles. The van der Waals surface area contributed by atoms with Gasteiger partial charge in [-0.3, -0.25) is 9.59 Å². The summed E-state index contributed by atoms with van der Waals surface area (Å²) in [5.41, 5.74) is 0. The van der Waals surface area contributed by atoms with Gasteiger partial charge in [0.05, 0.1) is 34.4 Å². The number of unbranched alkanes of at least 4 members (excludes halogenated alkanes) is 55. The fourth-order valence-corrected chi connectivity index (χ4v) is 12.6. The van der Waals surface area contributed by atoms with Gasteiger partial charge in [0.2, 0.25) is 0 Å². The van der Waals surface area contributed by atoms with Crippen LogP contribution >= 0.6 is 0 Å². The molecule has 0 saturated carbocycles. The Hall–Kier alpha value is -2.75. The summed E-state index contributed by atoms with van der Waals surface area (Å²) in [6, 6.07) is 0. The smallest absolute Gasteiger partial charge is 0.361 e. The molecule has 1 N–H and O–H groups in total. The molecule has 0 fully saturated rings. The second kappa shape index (κ2) is 76.0. The van der Waals surface area contributed by atoms with Crippen molar-refractivity contribution in [1.29, 1.82) is 0 Å². The van der Waals surface area contributed by atoms with Crippen molar-refractivity contribution in [3.63, 3.8) is 0 Å². The van der Waals surface area contributed by atoms with Crippen LogP contribution < -0.4 is 0 Å². The van der Waals surface area contributed by atoms with Gasteiger partial charge in [0.25, 0.3) is 6.29 Å². The van der Waals surface area contributed by atoms with Crippen LogP contribution in [0.25, 0.3) is 0 Å². The number of nitrogens with zero attached hydrogens (tertiary/aromatic N) is 1. The third kappa shape index (κ3) is 76.6. The minimum atomic E-state index is -1.51. The van der Waals surface area contributed by atoms with Crippen molar-refractivity contribution in [1.82, 2.24) is 0 Å². The van der Waals surface area contributed by atoms with E-state index in [0.717, 1.165) is 64.2 Å². The lowest BCUT2D eigenvalue weighted by atomic mass is 10.0. The number of hydrogen-bond acceptors (Lipinski definition) is 7. The molecule has 0 radical (unpaired) electrons. The molecule has 0 bridgehead atoms. The molecule has 0 rings (SSSR count). The highest BCUT2D eigenvalue weighted by Crippen LogP contribution is 2.20. The largest absolute Gasteiger partial charge is 0.477 e. The van der Waals surface area contributed by atoms with Gasteiger partial charge in [-0.1, -0.05) is 403 Å². The van der Waals surface area contributed by atoms with Crippen LogP contribution in [0.3, 0.4) is 0 Å². The van der Waals surface area contributed by atoms with E-state index in [1.165, 1.54) is 327 Å². The summed E-state index contributed by atoms with van der Waals surface area (Å²) < 4.78 is 23.1. The van der Waals surface area contributed by atoms with Crippen molar-refractivity contribution in [2.45, 2.75) is 431 Å². The van der Waals surface area contributed by atoms with Gasteiger partial charge in [-0.05, 0) is 51.4 Å². The second-order valence-electron chi connectivity index (χ2n) is 29.4. The van der Waals surface area contributed by atoms with E-state index in [-0.39, 0.29) is 38.2 Å². The summed E-state index contributed by atoms with van der Waals surface area (Å²) in [6.07, 6.45) is 97.2. The Morgan fingerprint density at radius 1 is 0.330 bits per heavy atom. The van der Waals surface area contributed by atoms with E-state index >= 15 is 0 Å². The highest BCUT2D eigenvalue weighted by atomic mass is 16.7. The van der Waals surface area contributed by atoms with Crippen molar-refractivity contribution in [3.05, 3.63) is 48.6 Å². The summed E-state index contributed by atoms with van der Waals surface area (Å²) in [5.74, 6) is -1.97. The third-order valence-corrected chi connectivity index (χ3v) is 18.8. The van der Waals surface area contributed by atoms with E-state index in [4.69, 9.17) is 18.9 Å². The van der Waals surface area contributed by atoms with Gasteiger partial charge in [-0.15, -0.1) is 0 Å². The minimum Gasteiger partial charge on any atom is -0.477 e. The summed E-state index contributed by atoms with van der Waals surface area (Å²) in [4.78, 5) is 37.8. The zero-order valence-corrected chi connectivity index (χ0v) is 63.4. The molecular formula is C85H160NO8+. The molecule has 0 aromatic rings. The molecule has 0 aromatic heterocycles. The Balaban J connectivity index is 3.94. The van der Waals surface area contributed by atoms with Crippen molar-refractivity contribution in [3.8, 4) is 0 Å². The number of carbonyl (C=O) groups excluding carboxylic acids is 2. The van der Waals surface area contributed by atoms with Gasteiger partial charge >= 0.3 is 17.9 Å². The second-order valence-corrected chi connectivity index (χ2v) is 29.4. The number of hydrogen-bond donors (Lipinski definition) is 1. The molecule has 9 nitrogen and oxygen atoms in total. The molecule has 0 saturated heterocycles. The predicted octanol–water partition coefficient (Wildman–Crippen LogP) is 26.4. The number of carboxylic acids is 1. The number of rotatable bonds is 78. The number of likely N-dealkylation sites (N-methyl/N-ethyl adjacent to an activating group) is 1. The molecule has 94 heavy (non-hydrogen) atoms. The van der Waals surface area contributed by atoms with Crippen LogP contribution in [0.5, 0.6) is 0 Å². The van der Waals surface area contributed by atoms with Crippen molar-refractivity contribution in [2.75, 3.05) is 47.5 Å². The Kier molecular flexibility index (Phi) is 73.8. The molecule has 0 heterocycles. The van der Waals surface area contributed by atoms with Crippen LogP contribution in [0.2, 0.25) is 0 Å². The number of allylic oxidation sites excluding steroid dienone is 8. The standard InChI is InChI=1S/C85H159NO8/c1-6-8-10-12-14-16-18-20-22-24-26-28-30-32-34-36-38-40-41-42-44-45-47-49-51-53-55-57-59-61-63-65-67-69-71-73-75-82(87)92-79-81(80-93-85(84(89)90)91-78-77-86(3,4)5)94-83(88)76-74-72-70-68-66-64-62-60-58-56-54-52-50-48-46-43-39-37-35-33-31-29-27-25-23-21-19-17-15-13-11-9-7-2/h9,11,15,17,21,23,27,29,81,85H,6-8,10,12-14,16,18-20,22,24-26,28,30-80H2,1-5H3/p+1/b11-9-,17-15-,23-21-,29-27-. The first kappa shape index (κ1) is 91.2. The van der Waals surface area contributed by atoms with Gasteiger partial charge in [0.1, 0.15) is 13.2 Å². The topological polar surface area (TPSA) is 108 Å². The first-order valence-electron chi connectivity index (χ1n) is 41.3. The monoisotopic (exact) mass is 1320 g/mol. The molecule has 0 spiro atoms. The van der Waals surface area contributed by atoms with Crippen molar-refractivity contribution in [2.24, 2.45) is 0 Å². The fraction of sp³-hybridized carbons (Fsp3) is 0.871. The Bertz CT molecular complexity index is 1680. The number of aliphatic carboxylic acids is 1. The van der Waals surface area contributed by atoms with Crippen LogP contribution in [-0.2, 0) is 33.3 Å². The highest BCUT2D eigenvalue weighted by Gasteiger charge is 2.25. The number of carboxylic acid groups (broad SMARTS) is 1. The molecule has 0 amide bonds. The Morgan fingerprint density at radius 2 is 0.606 bits per heavy atom. The summed E-state index contributed by atoms with van der Waals surface area (Å²) in [5, 5.41) is 9.78. The Labute approximate surface area is 584 Å². The van der Waals surface area contributed by atoms with Crippen LogP contribution in [0.4, 0.5) is 0 Å². The minimum absolute atomic E-state index is 0.176. The van der Waals surface area contributed by atoms with Crippen molar-refractivity contribution >= 4 is 17.9 Å². The number of esters is 2. The van der Waals surface area contributed by atoms with Crippen LogP contribution in [0.1, 0.15) is 418 Å². The maximum absolute atomic E-state index is 13.0. The van der Waals surface area contributed by atoms with Crippen LogP contribution in [0, 0.1) is 0 Å². The van der Waals surface area contributed by atoms with Gasteiger partial charge < -0.3 is 28.5 Å². The number of quaternary nitrogens is 1. The molecule has 0 aliphatic rings. The lowest BCUT2D eigenvalue weighted by molar-refractivity contribution is -0.870. The first-order chi connectivity index (χ1) is 46.1. The zero-order valence-electron chi connectivity index (χ0n) is 63.4. The summed E-state index contributed by atoms with van der Waals surface area (Å²) >= 11 is 0. The van der Waals surface area contributed by atoms with Gasteiger partial charge in [0.15, 0.2) is 6.10 Å². The SMILES string of the molecule is CC/C=C\C/C=C\C/C=C\C/C=C\CCCCCCCCCCCCCCCCCCCCCCC(=O)OC(COC(=O)CCCCCCCCCCCCCCCCCCCCCCCCCCCCCCCCCCCCCC)COC(OCC[N+](C)(C)C)C(=O)O.